The molecule has 0 aliphatic carbocycles. The van der Waals surface area contributed by atoms with Crippen LogP contribution in [0.4, 0.5) is 0 Å². The predicted octanol–water partition coefficient (Wildman–Crippen LogP) is 3.46. The molecule has 2 N–H and O–H groups in total. The van der Waals surface area contributed by atoms with Gasteiger partial charge >= 0.3 is 0 Å². The molecule has 0 radical (unpaired) electrons. The number of rotatable bonds is 10. The first kappa shape index (κ1) is 22.9. The Morgan fingerprint density at radius 3 is 2.45 bits per heavy atom. The highest BCUT2D eigenvalue weighted by molar-refractivity contribution is 14.0. The van der Waals surface area contributed by atoms with E-state index in [1.165, 1.54) is 10.8 Å². The van der Waals surface area contributed by atoms with Gasteiger partial charge in [-0.2, -0.15) is 0 Å². The molecule has 0 bridgehead atoms. The van der Waals surface area contributed by atoms with Gasteiger partial charge in [-0.25, -0.2) is 0 Å². The van der Waals surface area contributed by atoms with Crippen molar-refractivity contribution in [2.45, 2.75) is 25.8 Å². The van der Waals surface area contributed by atoms with E-state index in [2.05, 4.69) is 50.1 Å². The van der Waals surface area contributed by atoms with Crippen LogP contribution >= 0.6 is 24.0 Å². The summed E-state index contributed by atoms with van der Waals surface area (Å²) in [5.41, 5.74) is 0. The number of nitrogens with one attached hydrogen (secondary N) is 2. The van der Waals surface area contributed by atoms with Gasteiger partial charge in [0, 0.05) is 26.7 Å². The van der Waals surface area contributed by atoms with E-state index in [9.17, 15) is 0 Å². The first-order valence-electron chi connectivity index (χ1n) is 9.74. The molecule has 0 amide bonds. The molecule has 0 aliphatic heterocycles. The van der Waals surface area contributed by atoms with E-state index >= 15 is 0 Å². The molecule has 1 aromatic heterocycles. The highest BCUT2D eigenvalue weighted by Gasteiger charge is 1.99. The number of aryl methyl sites for hydroxylation is 1. The van der Waals surface area contributed by atoms with Gasteiger partial charge in [0.15, 0.2) is 5.96 Å². The number of unbranched alkanes of at least 4 members (excludes halogenated alkanes) is 1. The van der Waals surface area contributed by atoms with Crippen molar-refractivity contribution < 1.29 is 4.74 Å². The summed E-state index contributed by atoms with van der Waals surface area (Å²) in [5, 5.41) is 16.7. The zero-order valence-electron chi connectivity index (χ0n) is 16.8. The van der Waals surface area contributed by atoms with Crippen molar-refractivity contribution >= 4 is 40.7 Å². The minimum Gasteiger partial charge on any atom is -0.494 e. The topological polar surface area (TPSA) is 76.4 Å². The van der Waals surface area contributed by atoms with Gasteiger partial charge in [-0.15, -0.1) is 34.2 Å². The van der Waals surface area contributed by atoms with Gasteiger partial charge in [-0.3, -0.25) is 4.99 Å². The quantitative estimate of drug-likeness (QED) is 0.190. The third-order valence-electron chi connectivity index (χ3n) is 4.43. The summed E-state index contributed by atoms with van der Waals surface area (Å²) in [5.74, 6) is 1.74. The monoisotopic (exact) mass is 508 g/mol. The fraction of sp³-hybridized carbons (Fsp3) is 0.381. The Balaban J connectivity index is 0.00000300. The van der Waals surface area contributed by atoms with Crippen LogP contribution < -0.4 is 15.4 Å². The number of hydrogen-bond acceptors (Lipinski definition) is 4. The number of halogens is 1. The van der Waals surface area contributed by atoms with Crippen molar-refractivity contribution in [3.05, 3.63) is 55.1 Å². The second-order valence-electron chi connectivity index (χ2n) is 6.54. The summed E-state index contributed by atoms with van der Waals surface area (Å²) in [6.45, 7) is 3.30. The van der Waals surface area contributed by atoms with Crippen LogP contribution in [0.25, 0.3) is 10.8 Å². The molecule has 29 heavy (non-hydrogen) atoms. The van der Waals surface area contributed by atoms with Crippen molar-refractivity contribution in [3.8, 4) is 5.75 Å². The molecule has 0 aliphatic rings. The highest BCUT2D eigenvalue weighted by Crippen LogP contribution is 2.20. The normalized spacial score (nSPS) is 11.1. The van der Waals surface area contributed by atoms with E-state index in [1.54, 1.807) is 19.7 Å². The van der Waals surface area contributed by atoms with Crippen molar-refractivity contribution in [2.24, 2.45) is 4.99 Å². The molecule has 156 valence electrons. The summed E-state index contributed by atoms with van der Waals surface area (Å²) in [4.78, 5) is 4.25. The lowest BCUT2D eigenvalue weighted by Gasteiger charge is -2.12. The SMILES string of the molecule is CN=C(NCCCCn1cnnc1)NCCCOc1ccc2ccccc2c1.I. The lowest BCUT2D eigenvalue weighted by molar-refractivity contribution is 0.311. The average molecular weight is 508 g/mol. The molecule has 2 aromatic carbocycles. The lowest BCUT2D eigenvalue weighted by Crippen LogP contribution is -2.38. The molecule has 0 atom stereocenters. The molecular formula is C21H29IN6O. The Morgan fingerprint density at radius 1 is 0.966 bits per heavy atom. The predicted molar refractivity (Wildman–Crippen MR) is 128 cm³/mol. The average Bonchev–Trinajstić information content (AvgIpc) is 3.25. The second-order valence-corrected chi connectivity index (χ2v) is 6.54. The summed E-state index contributed by atoms with van der Waals surface area (Å²) >= 11 is 0. The molecule has 0 saturated carbocycles. The number of hydrogen-bond donors (Lipinski definition) is 2. The minimum absolute atomic E-state index is 0. The molecular weight excluding hydrogens is 479 g/mol. The number of fused-ring (bicyclic) bond motifs is 1. The van der Waals surface area contributed by atoms with Crippen LogP contribution in [0.2, 0.25) is 0 Å². The molecule has 8 heteroatoms. The van der Waals surface area contributed by atoms with E-state index in [1.807, 2.05) is 22.8 Å². The minimum atomic E-state index is 0. The number of ether oxygens (including phenoxy) is 1. The van der Waals surface area contributed by atoms with Crippen LogP contribution in [-0.4, -0.2) is 47.5 Å². The number of aromatic nitrogens is 3. The molecule has 0 fully saturated rings. The van der Waals surface area contributed by atoms with Gasteiger partial charge in [0.2, 0.25) is 0 Å². The standard InChI is InChI=1S/C21H28N6O.HI/c1-22-21(23-11-4-5-13-27-16-25-26-17-27)24-12-6-14-28-20-10-9-18-7-2-3-8-19(18)15-20;/h2-3,7-10,15-17H,4-6,11-14H2,1H3,(H2,22,23,24);1H. The largest absolute Gasteiger partial charge is 0.494 e. The van der Waals surface area contributed by atoms with E-state index in [4.69, 9.17) is 4.74 Å². The summed E-state index contributed by atoms with van der Waals surface area (Å²) < 4.78 is 7.85. The molecule has 0 saturated heterocycles. The van der Waals surface area contributed by atoms with Crippen molar-refractivity contribution in [1.29, 1.82) is 0 Å². The van der Waals surface area contributed by atoms with E-state index in [-0.39, 0.29) is 24.0 Å². The maximum Gasteiger partial charge on any atom is 0.190 e. The van der Waals surface area contributed by atoms with Gasteiger partial charge in [-0.1, -0.05) is 30.3 Å². The second kappa shape index (κ2) is 13.0. The van der Waals surface area contributed by atoms with Gasteiger partial charge < -0.3 is 19.9 Å². The number of benzene rings is 2. The molecule has 3 aromatic rings. The van der Waals surface area contributed by atoms with Crippen molar-refractivity contribution in [1.82, 2.24) is 25.4 Å². The van der Waals surface area contributed by atoms with Gasteiger partial charge in [0.25, 0.3) is 0 Å². The molecule has 1 heterocycles. The summed E-state index contributed by atoms with van der Waals surface area (Å²) in [6, 6.07) is 14.5. The zero-order chi connectivity index (χ0) is 19.4. The molecule has 3 rings (SSSR count). The van der Waals surface area contributed by atoms with Crippen LogP contribution in [0.5, 0.6) is 5.75 Å². The summed E-state index contributed by atoms with van der Waals surface area (Å²) in [7, 11) is 1.79. The Bertz CT molecular complexity index is 868. The molecule has 7 nitrogen and oxygen atoms in total. The third kappa shape index (κ3) is 7.88. The molecule has 0 spiro atoms. The van der Waals surface area contributed by atoms with Crippen molar-refractivity contribution in [3.63, 3.8) is 0 Å². The number of aliphatic imine (C=N–C) groups is 1. The fourth-order valence-corrected chi connectivity index (χ4v) is 2.91. The number of guanidine groups is 1. The van der Waals surface area contributed by atoms with Gasteiger partial charge in [0.05, 0.1) is 6.61 Å². The first-order valence-corrected chi connectivity index (χ1v) is 9.74. The maximum atomic E-state index is 5.87. The molecule has 0 unspecified atom stereocenters. The van der Waals surface area contributed by atoms with Gasteiger partial charge in [0.1, 0.15) is 18.4 Å². The first-order chi connectivity index (χ1) is 13.8. The Labute approximate surface area is 189 Å². The highest BCUT2D eigenvalue weighted by atomic mass is 127. The van der Waals surface area contributed by atoms with Crippen LogP contribution in [0.15, 0.2) is 60.1 Å². The van der Waals surface area contributed by atoms with E-state index < -0.39 is 0 Å². The van der Waals surface area contributed by atoms with Crippen LogP contribution in [-0.2, 0) is 6.54 Å². The van der Waals surface area contributed by atoms with E-state index in [0.29, 0.717) is 6.61 Å². The smallest absolute Gasteiger partial charge is 0.190 e. The van der Waals surface area contributed by atoms with Crippen LogP contribution in [0, 0.1) is 0 Å². The number of nitrogens with zero attached hydrogens (tertiary/aromatic N) is 4. The maximum absolute atomic E-state index is 5.87. The van der Waals surface area contributed by atoms with Crippen LogP contribution in [0.1, 0.15) is 19.3 Å². The summed E-state index contributed by atoms with van der Waals surface area (Å²) in [6.07, 6.45) is 6.52. The Hall–Kier alpha value is -2.36. The fourth-order valence-electron chi connectivity index (χ4n) is 2.91. The third-order valence-corrected chi connectivity index (χ3v) is 4.43. The lowest BCUT2D eigenvalue weighted by atomic mass is 10.1. The van der Waals surface area contributed by atoms with Crippen molar-refractivity contribution in [2.75, 3.05) is 26.7 Å². The Morgan fingerprint density at radius 2 is 1.69 bits per heavy atom. The van der Waals surface area contributed by atoms with Gasteiger partial charge in [-0.05, 0) is 42.2 Å². The van der Waals surface area contributed by atoms with Crippen LogP contribution in [0.3, 0.4) is 0 Å². The zero-order valence-corrected chi connectivity index (χ0v) is 19.1. The Kier molecular flexibility index (Phi) is 10.3. The van der Waals surface area contributed by atoms with E-state index in [0.717, 1.165) is 50.6 Å².